The Morgan fingerprint density at radius 2 is 1.88 bits per heavy atom. The minimum absolute atomic E-state index is 0.0259. The van der Waals surface area contributed by atoms with Crippen LogP contribution < -0.4 is 21.3 Å². The Morgan fingerprint density at radius 3 is 2.35 bits per heavy atom. The van der Waals surface area contributed by atoms with Gasteiger partial charge in [-0.1, -0.05) is 0 Å². The second-order valence-corrected chi connectivity index (χ2v) is 3.17. The summed E-state index contributed by atoms with van der Waals surface area (Å²) in [7, 11) is 0. The number of nitrogens with zero attached hydrogens (tertiary/aromatic N) is 1. The zero-order chi connectivity index (χ0) is 12.8. The lowest BCUT2D eigenvalue weighted by Crippen LogP contribution is -2.72. The monoisotopic (exact) mass is 243 g/mol. The number of guanidine groups is 1. The second kappa shape index (κ2) is 5.78. The molecule has 0 unspecified atom stereocenters. The molecule has 0 fully saturated rings. The molecule has 0 bridgehead atoms. The number of ether oxygens (including phenoxy) is 1. The van der Waals surface area contributed by atoms with E-state index < -0.39 is 6.61 Å². The lowest BCUT2D eigenvalue weighted by molar-refractivity contribution is -0.464. The van der Waals surface area contributed by atoms with Crippen LogP contribution >= 0.6 is 0 Å². The predicted molar refractivity (Wildman–Crippen MR) is 59.6 cm³/mol. The molecule has 0 atom stereocenters. The summed E-state index contributed by atoms with van der Waals surface area (Å²) in [5.41, 5.74) is 11.7. The number of hydrazone groups is 1. The van der Waals surface area contributed by atoms with Crippen molar-refractivity contribution >= 4 is 11.7 Å². The standard InChI is InChI=1S/C10H12F2N4O/c1-6(15-16-10(13)14)7-2-4-8(5-3-7)17-9(11)12/h2-5,9H,1H3,(H4,13,14,16)/p+1/b15-6-. The van der Waals surface area contributed by atoms with Crippen molar-refractivity contribution in [2.24, 2.45) is 16.6 Å². The summed E-state index contributed by atoms with van der Waals surface area (Å²) in [5, 5.41) is 6.27. The molecule has 1 aromatic carbocycles. The van der Waals surface area contributed by atoms with E-state index in [1.54, 1.807) is 19.1 Å². The van der Waals surface area contributed by atoms with Gasteiger partial charge in [-0.3, -0.25) is 11.5 Å². The average molecular weight is 243 g/mol. The van der Waals surface area contributed by atoms with Gasteiger partial charge in [-0.15, -0.1) is 5.10 Å². The molecule has 0 aliphatic rings. The van der Waals surface area contributed by atoms with Gasteiger partial charge in [0.15, 0.2) is 0 Å². The van der Waals surface area contributed by atoms with Gasteiger partial charge >= 0.3 is 12.6 Å². The summed E-state index contributed by atoms with van der Waals surface area (Å²) in [5.74, 6) is 0.0661. The van der Waals surface area contributed by atoms with Crippen LogP contribution in [0.4, 0.5) is 8.78 Å². The fraction of sp³-hybridized carbons (Fsp3) is 0.200. The van der Waals surface area contributed by atoms with Crippen molar-refractivity contribution in [1.82, 2.24) is 0 Å². The molecule has 0 saturated carbocycles. The van der Waals surface area contributed by atoms with Gasteiger partial charge in [-0.05, 0) is 36.8 Å². The van der Waals surface area contributed by atoms with Crippen LogP contribution in [0.2, 0.25) is 0 Å². The number of alkyl halides is 2. The molecular formula is C10H13F2N4O+. The first-order valence-corrected chi connectivity index (χ1v) is 4.72. The number of halogens is 2. The highest BCUT2D eigenvalue weighted by atomic mass is 19.3. The summed E-state index contributed by atoms with van der Waals surface area (Å²) in [6.45, 7) is -1.11. The molecule has 17 heavy (non-hydrogen) atoms. The van der Waals surface area contributed by atoms with Crippen LogP contribution in [0.1, 0.15) is 12.5 Å². The predicted octanol–water partition coefficient (Wildman–Crippen LogP) is -0.634. The zero-order valence-corrected chi connectivity index (χ0v) is 9.15. The van der Waals surface area contributed by atoms with Crippen LogP contribution in [0.15, 0.2) is 29.4 Å². The quantitative estimate of drug-likeness (QED) is 0.373. The number of nitrogens with one attached hydrogen (secondary N) is 1. The van der Waals surface area contributed by atoms with Gasteiger partial charge in [-0.25, -0.2) is 0 Å². The Balaban J connectivity index is 2.80. The minimum atomic E-state index is -2.83. The number of rotatable bonds is 4. The highest BCUT2D eigenvalue weighted by Crippen LogP contribution is 2.15. The number of benzene rings is 1. The van der Waals surface area contributed by atoms with E-state index in [-0.39, 0.29) is 11.7 Å². The van der Waals surface area contributed by atoms with E-state index in [0.29, 0.717) is 5.71 Å². The molecule has 0 amide bonds. The third kappa shape index (κ3) is 4.45. The molecule has 0 aromatic heterocycles. The van der Waals surface area contributed by atoms with Crippen LogP contribution in [0, 0.1) is 0 Å². The summed E-state index contributed by atoms with van der Waals surface area (Å²) in [4.78, 5) is 0. The molecule has 1 rings (SSSR count). The van der Waals surface area contributed by atoms with Crippen molar-refractivity contribution in [1.29, 1.82) is 0 Å². The van der Waals surface area contributed by atoms with Crippen LogP contribution in [0.5, 0.6) is 5.75 Å². The molecule has 5 nitrogen and oxygen atoms in total. The van der Waals surface area contributed by atoms with Gasteiger partial charge < -0.3 is 4.74 Å². The van der Waals surface area contributed by atoms with Crippen molar-refractivity contribution in [3.05, 3.63) is 29.8 Å². The van der Waals surface area contributed by atoms with E-state index in [4.69, 9.17) is 11.5 Å². The Labute approximate surface area is 96.8 Å². The first kappa shape index (κ1) is 12.9. The third-order valence-corrected chi connectivity index (χ3v) is 1.85. The second-order valence-electron chi connectivity index (χ2n) is 3.17. The van der Waals surface area contributed by atoms with E-state index >= 15 is 0 Å². The van der Waals surface area contributed by atoms with Crippen LogP contribution in [0.3, 0.4) is 0 Å². The number of hydrogen-bond acceptors (Lipinski definition) is 2. The number of hydrogen-bond donors (Lipinski definition) is 3. The van der Waals surface area contributed by atoms with Gasteiger partial charge in [0.1, 0.15) is 5.75 Å². The van der Waals surface area contributed by atoms with E-state index in [1.165, 1.54) is 12.1 Å². The molecule has 1 aromatic rings. The molecule has 92 valence electrons. The van der Waals surface area contributed by atoms with E-state index in [0.717, 1.165) is 5.56 Å². The lowest BCUT2D eigenvalue weighted by Gasteiger charge is -2.04. The summed E-state index contributed by atoms with van der Waals surface area (Å²) in [6.07, 6.45) is 0. The smallest absolute Gasteiger partial charge is 0.387 e. The maximum Gasteiger partial charge on any atom is 0.387 e. The normalized spacial score (nSPS) is 11.4. The largest absolute Gasteiger partial charge is 0.435 e. The summed E-state index contributed by atoms with van der Waals surface area (Å²) < 4.78 is 28.0. The summed E-state index contributed by atoms with van der Waals surface area (Å²) in [6, 6.07) is 6.06. The fourth-order valence-corrected chi connectivity index (χ4v) is 1.09. The zero-order valence-electron chi connectivity index (χ0n) is 9.15. The molecular weight excluding hydrogens is 230 g/mol. The van der Waals surface area contributed by atoms with Crippen molar-refractivity contribution in [3.8, 4) is 5.75 Å². The Hall–Kier alpha value is -2.18. The molecule has 0 spiro atoms. The van der Waals surface area contributed by atoms with Crippen molar-refractivity contribution < 1.29 is 18.6 Å². The highest BCUT2D eigenvalue weighted by Gasteiger charge is 2.04. The van der Waals surface area contributed by atoms with Crippen molar-refractivity contribution in [3.63, 3.8) is 0 Å². The van der Waals surface area contributed by atoms with E-state index in [9.17, 15) is 8.78 Å². The average Bonchev–Trinajstić information content (AvgIpc) is 2.26. The molecule has 0 aliphatic carbocycles. The molecule has 5 N–H and O–H groups in total. The fourth-order valence-electron chi connectivity index (χ4n) is 1.09. The highest BCUT2D eigenvalue weighted by molar-refractivity contribution is 5.98. The van der Waals surface area contributed by atoms with Gasteiger partial charge in [-0.2, -0.15) is 13.9 Å². The Morgan fingerprint density at radius 1 is 1.29 bits per heavy atom. The SMILES string of the molecule is C/C(=N/[NH+]=C(N)N)c1ccc(OC(F)F)cc1. The Kier molecular flexibility index (Phi) is 4.38. The van der Waals surface area contributed by atoms with E-state index in [1.807, 2.05) is 0 Å². The first-order chi connectivity index (χ1) is 7.99. The van der Waals surface area contributed by atoms with Crippen LogP contribution in [-0.4, -0.2) is 18.3 Å². The van der Waals surface area contributed by atoms with Gasteiger partial charge in [0.2, 0.25) is 0 Å². The molecule has 7 heteroatoms. The van der Waals surface area contributed by atoms with E-state index in [2.05, 4.69) is 14.9 Å². The van der Waals surface area contributed by atoms with Gasteiger partial charge in [0.25, 0.3) is 0 Å². The molecule has 0 saturated heterocycles. The lowest BCUT2D eigenvalue weighted by atomic mass is 10.1. The Bertz CT molecular complexity index is 424. The maximum atomic E-state index is 11.9. The van der Waals surface area contributed by atoms with Crippen molar-refractivity contribution in [2.75, 3.05) is 0 Å². The minimum Gasteiger partial charge on any atom is -0.435 e. The summed E-state index contributed by atoms with van der Waals surface area (Å²) >= 11 is 0. The molecule has 0 aliphatic heterocycles. The van der Waals surface area contributed by atoms with Crippen LogP contribution in [-0.2, 0) is 0 Å². The first-order valence-electron chi connectivity index (χ1n) is 4.72. The maximum absolute atomic E-state index is 11.9. The number of nitrogens with two attached hydrogens (primary N) is 2. The van der Waals surface area contributed by atoms with Crippen LogP contribution in [0.25, 0.3) is 0 Å². The van der Waals surface area contributed by atoms with Crippen molar-refractivity contribution in [2.45, 2.75) is 13.5 Å². The van der Waals surface area contributed by atoms with Gasteiger partial charge in [0, 0.05) is 0 Å². The third-order valence-electron chi connectivity index (χ3n) is 1.85. The topological polar surface area (TPSA) is 87.6 Å². The molecule has 0 heterocycles. The molecule has 0 radical (unpaired) electrons. The van der Waals surface area contributed by atoms with Gasteiger partial charge in [0.05, 0.1) is 5.71 Å².